The van der Waals surface area contributed by atoms with Crippen LogP contribution in [0.4, 0.5) is 33.7 Å². The van der Waals surface area contributed by atoms with E-state index in [2.05, 4.69) is 22.5 Å². The molecule has 2 fully saturated rings. The van der Waals surface area contributed by atoms with E-state index >= 15 is 0 Å². The Morgan fingerprint density at radius 3 is 2.13 bits per heavy atom. The maximum atomic E-state index is 14.8. The highest BCUT2D eigenvalue weighted by Crippen LogP contribution is 2.37. The highest BCUT2D eigenvalue weighted by Gasteiger charge is 2.51. The molecule has 4 rings (SSSR count). The molecule has 2 aromatic rings. The van der Waals surface area contributed by atoms with Crippen molar-refractivity contribution in [3.05, 3.63) is 53.3 Å². The van der Waals surface area contributed by atoms with Crippen LogP contribution in [0, 0.1) is 5.82 Å². The van der Waals surface area contributed by atoms with Gasteiger partial charge in [-0.2, -0.15) is 13.2 Å². The van der Waals surface area contributed by atoms with E-state index in [1.165, 1.54) is 24.3 Å². The van der Waals surface area contributed by atoms with E-state index in [1.807, 2.05) is 32.6 Å². The number of rotatable bonds is 6. The van der Waals surface area contributed by atoms with Crippen molar-refractivity contribution >= 4 is 30.0 Å². The number of hydrogen-bond donors (Lipinski definition) is 2. The predicted octanol–water partition coefficient (Wildman–Crippen LogP) is 4.93. The summed E-state index contributed by atoms with van der Waals surface area (Å²) in [5.74, 6) is -0.730. The second-order valence-corrected chi connectivity index (χ2v) is 11.0. The standard InChI is InChI=1S/C27H35BF4N4O3/c1-6-35-11-13-36(14-12-35)17-18-7-9-20(16-21(18)27(30,31)32)33-24(37)34-23-10-8-19(15-22(23)29)28-38-25(2,3)26(4,5)39-28/h7-10,15-16H,6,11-14,17H2,1-5H3,(H2,33,34,37). The Balaban J connectivity index is 1.42. The summed E-state index contributed by atoms with van der Waals surface area (Å²) in [5.41, 5.74) is -1.60. The number of carbonyl (C=O) groups excluding carboxylic acids is 1. The number of alkyl halides is 3. The van der Waals surface area contributed by atoms with E-state index in [9.17, 15) is 22.4 Å². The maximum Gasteiger partial charge on any atom is 0.494 e. The summed E-state index contributed by atoms with van der Waals surface area (Å²) in [6.07, 6.45) is -4.59. The average molecular weight is 550 g/mol. The van der Waals surface area contributed by atoms with Crippen LogP contribution in [0.25, 0.3) is 0 Å². The van der Waals surface area contributed by atoms with Gasteiger partial charge in [-0.05, 0) is 69.5 Å². The molecule has 0 radical (unpaired) electrons. The van der Waals surface area contributed by atoms with E-state index in [4.69, 9.17) is 9.31 Å². The van der Waals surface area contributed by atoms with Gasteiger partial charge in [-0.3, -0.25) is 4.90 Å². The Hall–Kier alpha value is -2.67. The number of halogens is 4. The normalized spacial score (nSPS) is 19.8. The van der Waals surface area contributed by atoms with Crippen LogP contribution in [0.15, 0.2) is 36.4 Å². The summed E-state index contributed by atoms with van der Waals surface area (Å²) in [6, 6.07) is 6.97. The molecule has 2 amide bonds. The third kappa shape index (κ3) is 6.74. The Morgan fingerprint density at radius 2 is 1.56 bits per heavy atom. The van der Waals surface area contributed by atoms with Crippen molar-refractivity contribution in [1.29, 1.82) is 0 Å². The second-order valence-electron chi connectivity index (χ2n) is 11.0. The third-order valence-electron chi connectivity index (χ3n) is 7.75. The first-order valence-corrected chi connectivity index (χ1v) is 13.1. The largest absolute Gasteiger partial charge is 0.494 e. The molecule has 0 aliphatic carbocycles. The molecule has 12 heteroatoms. The highest BCUT2D eigenvalue weighted by atomic mass is 19.4. The number of likely N-dealkylation sites (N-methyl/N-ethyl adjacent to an activating group) is 1. The van der Waals surface area contributed by atoms with E-state index in [-0.39, 0.29) is 23.5 Å². The fraction of sp³-hybridized carbons (Fsp3) is 0.519. The number of hydrogen-bond acceptors (Lipinski definition) is 5. The number of amides is 2. The van der Waals surface area contributed by atoms with Gasteiger partial charge in [0.1, 0.15) is 5.82 Å². The Labute approximate surface area is 227 Å². The fourth-order valence-corrected chi connectivity index (χ4v) is 4.60. The predicted molar refractivity (Wildman–Crippen MR) is 144 cm³/mol. The molecule has 0 aromatic heterocycles. The summed E-state index contributed by atoms with van der Waals surface area (Å²) >= 11 is 0. The van der Waals surface area contributed by atoms with Crippen molar-refractivity contribution in [3.63, 3.8) is 0 Å². The van der Waals surface area contributed by atoms with E-state index in [1.54, 1.807) is 6.07 Å². The lowest BCUT2D eigenvalue weighted by Crippen LogP contribution is -2.45. The highest BCUT2D eigenvalue weighted by molar-refractivity contribution is 6.62. The minimum absolute atomic E-state index is 0.0476. The van der Waals surface area contributed by atoms with E-state index in [0.29, 0.717) is 18.6 Å². The molecule has 0 bridgehead atoms. The lowest BCUT2D eigenvalue weighted by atomic mass is 9.79. The number of piperazine rings is 1. The van der Waals surface area contributed by atoms with Gasteiger partial charge in [-0.1, -0.05) is 19.1 Å². The van der Waals surface area contributed by atoms with Gasteiger partial charge in [0.25, 0.3) is 0 Å². The zero-order chi connectivity index (χ0) is 28.6. The van der Waals surface area contributed by atoms with Crippen molar-refractivity contribution in [3.8, 4) is 0 Å². The van der Waals surface area contributed by atoms with Crippen molar-refractivity contribution in [2.45, 2.75) is 58.5 Å². The van der Waals surface area contributed by atoms with Crippen LogP contribution in [-0.4, -0.2) is 66.9 Å². The van der Waals surface area contributed by atoms with Gasteiger partial charge in [0.05, 0.1) is 22.5 Å². The molecule has 2 aliphatic heterocycles. The molecule has 2 heterocycles. The molecule has 2 aliphatic rings. The number of urea groups is 1. The van der Waals surface area contributed by atoms with Crippen molar-refractivity contribution in [2.75, 3.05) is 43.4 Å². The number of anilines is 2. The van der Waals surface area contributed by atoms with Crippen molar-refractivity contribution < 1.29 is 31.7 Å². The first-order valence-electron chi connectivity index (χ1n) is 13.1. The summed E-state index contributed by atoms with van der Waals surface area (Å²) in [6.45, 7) is 13.7. The second kappa shape index (κ2) is 11.1. The Kier molecular flexibility index (Phi) is 8.32. The first-order chi connectivity index (χ1) is 18.2. The van der Waals surface area contributed by atoms with Crippen LogP contribution < -0.4 is 16.1 Å². The number of benzene rings is 2. The molecular weight excluding hydrogens is 515 g/mol. The Bertz CT molecular complexity index is 1180. The van der Waals surface area contributed by atoms with Gasteiger partial charge in [-0.15, -0.1) is 0 Å². The molecule has 212 valence electrons. The van der Waals surface area contributed by atoms with Gasteiger partial charge in [0.2, 0.25) is 0 Å². The van der Waals surface area contributed by atoms with Gasteiger partial charge < -0.3 is 24.8 Å². The molecule has 39 heavy (non-hydrogen) atoms. The molecule has 0 spiro atoms. The van der Waals surface area contributed by atoms with E-state index in [0.717, 1.165) is 25.7 Å². The summed E-state index contributed by atoms with van der Waals surface area (Å²) < 4.78 is 68.3. The maximum absolute atomic E-state index is 14.8. The lowest BCUT2D eigenvalue weighted by Gasteiger charge is -2.34. The number of nitrogens with one attached hydrogen (secondary N) is 2. The number of nitrogens with zero attached hydrogens (tertiary/aromatic N) is 2. The van der Waals surface area contributed by atoms with Crippen LogP contribution in [0.2, 0.25) is 0 Å². The SMILES string of the molecule is CCN1CCN(Cc2ccc(NC(=O)Nc3ccc(B4OC(C)(C)C(C)(C)O4)cc3F)cc2C(F)(F)F)CC1. The number of carbonyl (C=O) groups is 1. The minimum atomic E-state index is -4.59. The van der Waals surface area contributed by atoms with Gasteiger partial charge >= 0.3 is 19.3 Å². The molecular formula is C27H35BF4N4O3. The summed E-state index contributed by atoms with van der Waals surface area (Å²) in [7, 11) is -0.776. The molecule has 2 N–H and O–H groups in total. The quantitative estimate of drug-likeness (QED) is 0.395. The third-order valence-corrected chi connectivity index (χ3v) is 7.75. The van der Waals surface area contributed by atoms with Crippen LogP contribution in [0.3, 0.4) is 0 Å². The molecule has 0 saturated carbocycles. The summed E-state index contributed by atoms with van der Waals surface area (Å²) in [5, 5.41) is 4.74. The molecule has 7 nitrogen and oxygen atoms in total. The van der Waals surface area contributed by atoms with Crippen LogP contribution in [0.5, 0.6) is 0 Å². The smallest absolute Gasteiger partial charge is 0.399 e. The zero-order valence-electron chi connectivity index (χ0n) is 22.9. The lowest BCUT2D eigenvalue weighted by molar-refractivity contribution is -0.138. The monoisotopic (exact) mass is 550 g/mol. The average Bonchev–Trinajstić information content (AvgIpc) is 3.07. The van der Waals surface area contributed by atoms with Gasteiger partial charge in [-0.25, -0.2) is 9.18 Å². The van der Waals surface area contributed by atoms with Crippen LogP contribution in [0.1, 0.15) is 45.7 Å². The molecule has 2 saturated heterocycles. The van der Waals surface area contributed by atoms with Gasteiger partial charge in [0.15, 0.2) is 0 Å². The minimum Gasteiger partial charge on any atom is -0.399 e. The Morgan fingerprint density at radius 1 is 0.949 bits per heavy atom. The molecule has 0 unspecified atom stereocenters. The topological polar surface area (TPSA) is 66.1 Å². The van der Waals surface area contributed by atoms with Crippen LogP contribution >= 0.6 is 0 Å². The van der Waals surface area contributed by atoms with Crippen molar-refractivity contribution in [1.82, 2.24) is 9.80 Å². The van der Waals surface area contributed by atoms with E-state index < -0.39 is 41.9 Å². The molecule has 2 aromatic carbocycles. The van der Waals surface area contributed by atoms with Gasteiger partial charge in [0, 0.05) is 38.4 Å². The molecule has 0 atom stereocenters. The fourth-order valence-electron chi connectivity index (χ4n) is 4.60. The van der Waals surface area contributed by atoms with Crippen LogP contribution in [-0.2, 0) is 22.0 Å². The summed E-state index contributed by atoms with van der Waals surface area (Å²) in [4.78, 5) is 16.8. The zero-order valence-corrected chi connectivity index (χ0v) is 22.9. The van der Waals surface area contributed by atoms with Crippen molar-refractivity contribution in [2.24, 2.45) is 0 Å². The first kappa shape index (κ1) is 29.3.